The van der Waals surface area contributed by atoms with Gasteiger partial charge in [-0.3, -0.25) is 4.79 Å². The first-order valence-electron chi connectivity index (χ1n) is 8.61. The van der Waals surface area contributed by atoms with Crippen LogP contribution in [-0.4, -0.2) is 29.0 Å². The van der Waals surface area contributed by atoms with Crippen molar-refractivity contribution in [3.63, 3.8) is 0 Å². The van der Waals surface area contributed by atoms with E-state index in [9.17, 15) is 9.59 Å². The minimum absolute atomic E-state index is 0.106. The molecule has 5 heteroatoms. The Kier molecular flexibility index (Phi) is 5.19. The van der Waals surface area contributed by atoms with Gasteiger partial charge in [0.25, 0.3) is 0 Å². The summed E-state index contributed by atoms with van der Waals surface area (Å²) in [5, 5.41) is 0. The number of halogens is 1. The Bertz CT molecular complexity index is 796. The highest BCUT2D eigenvalue weighted by Gasteiger charge is 2.45. The predicted octanol–water partition coefficient (Wildman–Crippen LogP) is 5.09. The molecule has 0 spiro atoms. The zero-order chi connectivity index (χ0) is 18.9. The second-order valence-corrected chi connectivity index (χ2v) is 8.39. The predicted molar refractivity (Wildman–Crippen MR) is 104 cm³/mol. The van der Waals surface area contributed by atoms with E-state index in [-0.39, 0.29) is 11.8 Å². The van der Waals surface area contributed by atoms with E-state index in [2.05, 4.69) is 15.9 Å². The summed E-state index contributed by atoms with van der Waals surface area (Å²) in [6.45, 7) is 5.71. The van der Waals surface area contributed by atoms with Gasteiger partial charge in [0, 0.05) is 16.9 Å². The van der Waals surface area contributed by atoms with Gasteiger partial charge < -0.3 is 4.74 Å². The number of benzene rings is 2. The van der Waals surface area contributed by atoms with E-state index >= 15 is 0 Å². The molecular weight excluding hydrogens is 394 g/mol. The van der Waals surface area contributed by atoms with E-state index in [1.807, 2.05) is 54.6 Å². The van der Waals surface area contributed by atoms with Crippen molar-refractivity contribution in [2.45, 2.75) is 38.2 Å². The maximum absolute atomic E-state index is 13.1. The summed E-state index contributed by atoms with van der Waals surface area (Å²) in [5.74, 6) is -0.714. The van der Waals surface area contributed by atoms with Crippen LogP contribution in [0.3, 0.4) is 0 Å². The van der Waals surface area contributed by atoms with E-state index in [0.29, 0.717) is 6.54 Å². The lowest BCUT2D eigenvalue weighted by molar-refractivity contribution is -0.128. The molecule has 3 rings (SSSR count). The average Bonchev–Trinajstić information content (AvgIpc) is 2.92. The Morgan fingerprint density at radius 3 is 2.23 bits per heavy atom. The number of hydrogen-bond donors (Lipinski definition) is 0. The molecule has 2 amide bonds. The van der Waals surface area contributed by atoms with Crippen molar-refractivity contribution in [1.82, 2.24) is 4.90 Å². The molecule has 1 aliphatic rings. The Morgan fingerprint density at radius 1 is 1.04 bits per heavy atom. The van der Waals surface area contributed by atoms with Gasteiger partial charge in [-0.25, -0.2) is 9.69 Å². The van der Waals surface area contributed by atoms with Crippen LogP contribution in [0.4, 0.5) is 4.79 Å². The van der Waals surface area contributed by atoms with Gasteiger partial charge in [-0.1, -0.05) is 58.4 Å². The quantitative estimate of drug-likeness (QED) is 0.685. The lowest BCUT2D eigenvalue weighted by atomic mass is 9.84. The first-order chi connectivity index (χ1) is 12.3. The fourth-order valence-electron chi connectivity index (χ4n) is 3.26. The molecule has 0 bridgehead atoms. The van der Waals surface area contributed by atoms with E-state index in [4.69, 9.17) is 4.74 Å². The Labute approximate surface area is 162 Å². The molecule has 1 saturated heterocycles. The summed E-state index contributed by atoms with van der Waals surface area (Å²) in [5.41, 5.74) is 1.30. The van der Waals surface area contributed by atoms with Crippen molar-refractivity contribution in [2.24, 2.45) is 0 Å². The molecule has 1 fully saturated rings. The molecular formula is C21H22BrNO3. The van der Waals surface area contributed by atoms with Crippen LogP contribution in [0.5, 0.6) is 0 Å². The summed E-state index contributed by atoms with van der Waals surface area (Å²) in [6.07, 6.45) is -0.581. The monoisotopic (exact) mass is 415 g/mol. The third-order valence-corrected chi connectivity index (χ3v) is 4.91. The van der Waals surface area contributed by atoms with Crippen molar-refractivity contribution in [2.75, 3.05) is 6.54 Å². The van der Waals surface area contributed by atoms with Gasteiger partial charge >= 0.3 is 6.09 Å². The van der Waals surface area contributed by atoms with Crippen molar-refractivity contribution < 1.29 is 14.3 Å². The molecule has 2 aromatic rings. The van der Waals surface area contributed by atoms with Crippen LogP contribution in [0.25, 0.3) is 0 Å². The summed E-state index contributed by atoms with van der Waals surface area (Å²) < 4.78 is 6.42. The molecule has 4 nitrogen and oxygen atoms in total. The smallest absolute Gasteiger partial charge is 0.417 e. The summed E-state index contributed by atoms with van der Waals surface area (Å²) in [4.78, 5) is 26.9. The number of carbonyl (C=O) groups excluding carboxylic acids is 2. The molecule has 2 atom stereocenters. The number of likely N-dealkylation sites (tertiary alicyclic amines) is 1. The van der Waals surface area contributed by atoms with Crippen molar-refractivity contribution in [3.8, 4) is 0 Å². The topological polar surface area (TPSA) is 46.6 Å². The summed E-state index contributed by atoms with van der Waals surface area (Å²) in [6, 6.07) is 17.5. The van der Waals surface area contributed by atoms with E-state index in [1.54, 1.807) is 20.8 Å². The SMILES string of the molecule is CC(C)(C)OC(=O)N1C[C@@H](c2ccc(Br)cc2)[C@H](c2ccccc2)C1=O. The number of carbonyl (C=O) groups is 2. The van der Waals surface area contributed by atoms with Crippen LogP contribution in [0, 0.1) is 0 Å². The van der Waals surface area contributed by atoms with Crippen molar-refractivity contribution in [3.05, 3.63) is 70.2 Å². The molecule has 0 saturated carbocycles. The molecule has 0 unspecified atom stereocenters. The number of rotatable bonds is 2. The molecule has 0 radical (unpaired) electrons. The molecule has 0 aliphatic carbocycles. The summed E-state index contributed by atoms with van der Waals surface area (Å²) >= 11 is 3.44. The minimum atomic E-state index is -0.644. The number of ether oxygens (including phenoxy) is 1. The molecule has 136 valence electrons. The number of nitrogens with zero attached hydrogens (tertiary/aromatic N) is 1. The zero-order valence-electron chi connectivity index (χ0n) is 15.1. The molecule has 2 aromatic carbocycles. The second-order valence-electron chi connectivity index (χ2n) is 7.48. The van der Waals surface area contributed by atoms with Crippen LogP contribution in [0.2, 0.25) is 0 Å². The molecule has 0 N–H and O–H groups in total. The minimum Gasteiger partial charge on any atom is -0.443 e. The van der Waals surface area contributed by atoms with Gasteiger partial charge in [0.15, 0.2) is 0 Å². The zero-order valence-corrected chi connectivity index (χ0v) is 16.7. The van der Waals surface area contributed by atoms with Gasteiger partial charge in [-0.05, 0) is 44.0 Å². The van der Waals surface area contributed by atoms with Crippen LogP contribution >= 0.6 is 15.9 Å². The van der Waals surface area contributed by atoms with Crippen LogP contribution in [-0.2, 0) is 9.53 Å². The molecule has 1 heterocycles. The normalized spacial score (nSPS) is 20.3. The Morgan fingerprint density at radius 2 is 1.65 bits per heavy atom. The fourth-order valence-corrected chi connectivity index (χ4v) is 3.52. The maximum atomic E-state index is 13.1. The number of hydrogen-bond acceptors (Lipinski definition) is 3. The highest BCUT2D eigenvalue weighted by molar-refractivity contribution is 9.10. The first-order valence-corrected chi connectivity index (χ1v) is 9.40. The Hall–Kier alpha value is -2.14. The highest BCUT2D eigenvalue weighted by Crippen LogP contribution is 2.41. The number of imide groups is 1. The van der Waals surface area contributed by atoms with E-state index in [1.165, 1.54) is 4.90 Å². The first kappa shape index (κ1) is 18.6. The van der Waals surface area contributed by atoms with Crippen molar-refractivity contribution in [1.29, 1.82) is 0 Å². The van der Waals surface area contributed by atoms with Gasteiger partial charge in [0.1, 0.15) is 5.60 Å². The second kappa shape index (κ2) is 7.23. The lowest BCUT2D eigenvalue weighted by Crippen LogP contribution is -2.38. The molecule has 1 aliphatic heterocycles. The third-order valence-electron chi connectivity index (χ3n) is 4.38. The van der Waals surface area contributed by atoms with Gasteiger partial charge in [0.2, 0.25) is 5.91 Å². The highest BCUT2D eigenvalue weighted by atomic mass is 79.9. The Balaban J connectivity index is 1.96. The van der Waals surface area contributed by atoms with E-state index in [0.717, 1.165) is 15.6 Å². The van der Waals surface area contributed by atoms with Crippen molar-refractivity contribution >= 4 is 27.9 Å². The van der Waals surface area contributed by atoms with Crippen LogP contribution in [0.1, 0.15) is 43.7 Å². The van der Waals surface area contributed by atoms with Crippen LogP contribution in [0.15, 0.2) is 59.1 Å². The van der Waals surface area contributed by atoms with Gasteiger partial charge in [0.05, 0.1) is 5.92 Å². The average molecular weight is 416 g/mol. The fraction of sp³-hybridized carbons (Fsp3) is 0.333. The van der Waals surface area contributed by atoms with E-state index < -0.39 is 17.6 Å². The summed E-state index contributed by atoms with van der Waals surface area (Å²) in [7, 11) is 0. The lowest BCUT2D eigenvalue weighted by Gasteiger charge is -2.23. The standard InChI is InChI=1S/C21H22BrNO3/c1-21(2,3)26-20(25)23-13-17(14-9-11-16(22)12-10-14)18(19(23)24)15-7-5-4-6-8-15/h4-12,17-18H,13H2,1-3H3/t17-,18-/m0/s1. The van der Waals surface area contributed by atoms with Crippen LogP contribution < -0.4 is 0 Å². The third kappa shape index (κ3) is 3.98. The maximum Gasteiger partial charge on any atom is 0.417 e. The largest absolute Gasteiger partial charge is 0.443 e. The molecule has 26 heavy (non-hydrogen) atoms. The molecule has 0 aromatic heterocycles. The number of amides is 2. The van der Waals surface area contributed by atoms with Gasteiger partial charge in [-0.15, -0.1) is 0 Å². The van der Waals surface area contributed by atoms with Gasteiger partial charge in [-0.2, -0.15) is 0 Å².